The Balaban J connectivity index is 2.12. The molecule has 2 heteroatoms. The van der Waals surface area contributed by atoms with Gasteiger partial charge in [0.2, 0.25) is 0 Å². The van der Waals surface area contributed by atoms with Crippen molar-refractivity contribution in [1.29, 1.82) is 0 Å². The summed E-state index contributed by atoms with van der Waals surface area (Å²) in [6, 6.07) is 0. The first-order valence-corrected chi connectivity index (χ1v) is 20.1. The van der Waals surface area contributed by atoms with E-state index < -0.39 is 0 Å². The summed E-state index contributed by atoms with van der Waals surface area (Å²) in [7, 11) is 0. The molecule has 1 saturated heterocycles. The standard InChI is InChI=1S/C40H81NO/c1-4-7-10-11-14-18-24-33-40(42-38-29-28-37-41-35-26-20-27-36-41)34-25-19-16-13-12-15-17-23-32-39(30-21-8-5-2)31-22-9-6-3/h39-40H,4-38H2,1-3H3. The Morgan fingerprint density at radius 2 is 0.833 bits per heavy atom. The molecule has 1 heterocycles. The molecule has 0 bridgehead atoms. The normalized spacial score (nSPS) is 15.1. The van der Waals surface area contributed by atoms with Gasteiger partial charge >= 0.3 is 0 Å². The van der Waals surface area contributed by atoms with Crippen LogP contribution in [0.3, 0.4) is 0 Å². The van der Waals surface area contributed by atoms with Crippen LogP contribution in [0.15, 0.2) is 0 Å². The lowest BCUT2D eigenvalue weighted by Crippen LogP contribution is -2.30. The number of ether oxygens (including phenoxy) is 1. The van der Waals surface area contributed by atoms with E-state index in [-0.39, 0.29) is 0 Å². The molecule has 1 unspecified atom stereocenters. The van der Waals surface area contributed by atoms with Gasteiger partial charge in [-0.2, -0.15) is 0 Å². The van der Waals surface area contributed by atoms with E-state index in [0.717, 1.165) is 12.5 Å². The molecular formula is C40H81NO. The van der Waals surface area contributed by atoms with E-state index in [0.29, 0.717) is 6.10 Å². The molecule has 0 aromatic heterocycles. The number of likely N-dealkylation sites (tertiary alicyclic amines) is 1. The van der Waals surface area contributed by atoms with Gasteiger partial charge in [-0.1, -0.05) is 181 Å². The van der Waals surface area contributed by atoms with Crippen LogP contribution in [0.4, 0.5) is 0 Å². The maximum absolute atomic E-state index is 6.51. The smallest absolute Gasteiger partial charge is 0.0575 e. The molecule has 42 heavy (non-hydrogen) atoms. The van der Waals surface area contributed by atoms with Gasteiger partial charge in [0.05, 0.1) is 6.10 Å². The van der Waals surface area contributed by atoms with Crippen molar-refractivity contribution in [3.05, 3.63) is 0 Å². The van der Waals surface area contributed by atoms with Gasteiger partial charge in [0.15, 0.2) is 0 Å². The number of nitrogens with zero attached hydrogens (tertiary/aromatic N) is 1. The number of rotatable bonds is 33. The largest absolute Gasteiger partial charge is 0.378 e. The van der Waals surface area contributed by atoms with E-state index in [2.05, 4.69) is 25.7 Å². The monoisotopic (exact) mass is 592 g/mol. The Bertz CT molecular complexity index is 492. The molecule has 0 aromatic carbocycles. The van der Waals surface area contributed by atoms with E-state index in [1.54, 1.807) is 0 Å². The summed E-state index contributed by atoms with van der Waals surface area (Å²) in [6.07, 6.45) is 44.5. The molecule has 0 saturated carbocycles. The molecule has 1 aliphatic heterocycles. The predicted molar refractivity (Wildman–Crippen MR) is 190 cm³/mol. The Labute approximate surface area is 267 Å². The number of unbranched alkanes of at least 4 members (excludes halogenated alkanes) is 18. The first-order chi connectivity index (χ1) is 20.8. The zero-order chi connectivity index (χ0) is 30.2. The van der Waals surface area contributed by atoms with Crippen molar-refractivity contribution >= 4 is 0 Å². The molecule has 1 aliphatic rings. The predicted octanol–water partition coefficient (Wildman–Crippen LogP) is 13.5. The second-order valence-electron chi connectivity index (χ2n) is 14.3. The van der Waals surface area contributed by atoms with E-state index in [4.69, 9.17) is 4.74 Å². The minimum atomic E-state index is 0.526. The van der Waals surface area contributed by atoms with Crippen molar-refractivity contribution < 1.29 is 4.74 Å². The molecule has 1 fully saturated rings. The average Bonchev–Trinajstić information content (AvgIpc) is 3.01. The van der Waals surface area contributed by atoms with Crippen LogP contribution in [0.1, 0.15) is 220 Å². The van der Waals surface area contributed by atoms with Crippen LogP contribution in [0.2, 0.25) is 0 Å². The van der Waals surface area contributed by atoms with Crippen LogP contribution in [0.5, 0.6) is 0 Å². The van der Waals surface area contributed by atoms with Crippen molar-refractivity contribution in [3.63, 3.8) is 0 Å². The molecule has 0 aromatic rings. The zero-order valence-corrected chi connectivity index (χ0v) is 29.8. The molecule has 0 amide bonds. The number of hydrogen-bond donors (Lipinski definition) is 0. The molecule has 1 rings (SSSR count). The van der Waals surface area contributed by atoms with E-state index in [9.17, 15) is 0 Å². The topological polar surface area (TPSA) is 12.5 Å². The van der Waals surface area contributed by atoms with E-state index in [1.807, 2.05) is 0 Å². The Kier molecular flexibility index (Phi) is 30.7. The molecule has 1 atom stereocenters. The SMILES string of the molecule is CCCCCCCCCC(CCCCCCCCCCC(CCCCC)CCCCC)OCCCCN1CCCCC1. The molecule has 0 N–H and O–H groups in total. The first-order valence-electron chi connectivity index (χ1n) is 20.1. The molecule has 0 spiro atoms. The Hall–Kier alpha value is -0.0800. The number of hydrogen-bond acceptors (Lipinski definition) is 2. The minimum Gasteiger partial charge on any atom is -0.378 e. The molecule has 0 aliphatic carbocycles. The second-order valence-corrected chi connectivity index (χ2v) is 14.3. The first kappa shape index (κ1) is 39.9. The van der Waals surface area contributed by atoms with Gasteiger partial charge in [-0.3, -0.25) is 0 Å². The lowest BCUT2D eigenvalue weighted by Gasteiger charge is -2.26. The van der Waals surface area contributed by atoms with Gasteiger partial charge in [0.1, 0.15) is 0 Å². The summed E-state index contributed by atoms with van der Waals surface area (Å²) < 4.78 is 6.51. The second kappa shape index (κ2) is 32.3. The van der Waals surface area contributed by atoms with Crippen LogP contribution in [-0.4, -0.2) is 37.2 Å². The Morgan fingerprint density at radius 3 is 1.33 bits per heavy atom. The maximum atomic E-state index is 6.51. The van der Waals surface area contributed by atoms with E-state index in [1.165, 1.54) is 219 Å². The summed E-state index contributed by atoms with van der Waals surface area (Å²) >= 11 is 0. The van der Waals surface area contributed by atoms with Crippen LogP contribution >= 0.6 is 0 Å². The average molecular weight is 592 g/mol. The fourth-order valence-electron chi connectivity index (χ4n) is 7.18. The number of piperidine rings is 1. The minimum absolute atomic E-state index is 0.526. The summed E-state index contributed by atoms with van der Waals surface area (Å²) in [4.78, 5) is 2.68. The van der Waals surface area contributed by atoms with Crippen molar-refractivity contribution in [2.45, 2.75) is 226 Å². The summed E-state index contributed by atoms with van der Waals surface area (Å²) in [5.74, 6) is 1.02. The van der Waals surface area contributed by atoms with Gasteiger partial charge in [0.25, 0.3) is 0 Å². The van der Waals surface area contributed by atoms with Crippen LogP contribution < -0.4 is 0 Å². The highest BCUT2D eigenvalue weighted by Crippen LogP contribution is 2.24. The van der Waals surface area contributed by atoms with Gasteiger partial charge in [-0.15, -0.1) is 0 Å². The highest BCUT2D eigenvalue weighted by atomic mass is 16.5. The van der Waals surface area contributed by atoms with Gasteiger partial charge in [-0.05, 0) is 64.1 Å². The lowest BCUT2D eigenvalue weighted by molar-refractivity contribution is 0.0346. The fraction of sp³-hybridized carbons (Fsp3) is 1.00. The summed E-state index contributed by atoms with van der Waals surface area (Å²) in [5.41, 5.74) is 0. The summed E-state index contributed by atoms with van der Waals surface area (Å²) in [6.45, 7) is 12.0. The molecule has 252 valence electrons. The van der Waals surface area contributed by atoms with Crippen molar-refractivity contribution in [2.75, 3.05) is 26.2 Å². The molecule has 2 nitrogen and oxygen atoms in total. The van der Waals surface area contributed by atoms with Gasteiger partial charge < -0.3 is 9.64 Å². The highest BCUT2D eigenvalue weighted by Gasteiger charge is 2.12. The van der Waals surface area contributed by atoms with Crippen molar-refractivity contribution in [1.82, 2.24) is 4.90 Å². The Morgan fingerprint density at radius 1 is 0.429 bits per heavy atom. The van der Waals surface area contributed by atoms with Crippen LogP contribution in [-0.2, 0) is 4.74 Å². The maximum Gasteiger partial charge on any atom is 0.0575 e. The van der Waals surface area contributed by atoms with E-state index >= 15 is 0 Å². The summed E-state index contributed by atoms with van der Waals surface area (Å²) in [5, 5.41) is 0. The third-order valence-corrected chi connectivity index (χ3v) is 10.1. The van der Waals surface area contributed by atoms with Gasteiger partial charge in [0, 0.05) is 6.61 Å². The fourth-order valence-corrected chi connectivity index (χ4v) is 7.18. The van der Waals surface area contributed by atoms with Crippen molar-refractivity contribution in [2.24, 2.45) is 5.92 Å². The van der Waals surface area contributed by atoms with Gasteiger partial charge in [-0.25, -0.2) is 0 Å². The highest BCUT2D eigenvalue weighted by molar-refractivity contribution is 4.65. The quantitative estimate of drug-likeness (QED) is 0.0704. The van der Waals surface area contributed by atoms with Crippen molar-refractivity contribution in [3.8, 4) is 0 Å². The van der Waals surface area contributed by atoms with Crippen LogP contribution in [0.25, 0.3) is 0 Å². The molecular weight excluding hydrogens is 510 g/mol. The third kappa shape index (κ3) is 26.3. The third-order valence-electron chi connectivity index (χ3n) is 10.1. The molecule has 0 radical (unpaired) electrons. The lowest BCUT2D eigenvalue weighted by atomic mass is 9.90. The zero-order valence-electron chi connectivity index (χ0n) is 29.8. The van der Waals surface area contributed by atoms with Crippen LogP contribution in [0, 0.1) is 5.92 Å².